The third-order valence-electron chi connectivity index (χ3n) is 0.655. The van der Waals surface area contributed by atoms with Crippen LogP contribution in [-0.2, 0) is 4.74 Å². The van der Waals surface area contributed by atoms with Crippen LogP contribution in [0.4, 0.5) is 0 Å². The summed E-state index contributed by atoms with van der Waals surface area (Å²) in [5.41, 5.74) is 4.26. The van der Waals surface area contributed by atoms with E-state index in [9.17, 15) is 0 Å². The average molecular weight is 120 g/mol. The largest absolute Gasteiger partial charge is 0.380 e. The second-order valence-electron chi connectivity index (χ2n) is 1.24. The van der Waals surface area contributed by atoms with Crippen molar-refractivity contribution >= 4 is 0 Å². The number of rotatable bonds is 5. The highest BCUT2D eigenvalue weighted by molar-refractivity contribution is 4.30. The van der Waals surface area contributed by atoms with Crippen molar-refractivity contribution in [2.75, 3.05) is 19.8 Å². The van der Waals surface area contributed by atoms with E-state index in [-0.39, 0.29) is 0 Å². The number of hydrogen-bond donors (Lipinski definition) is 3. The molecule has 0 aromatic rings. The molecule has 0 aromatic heterocycles. The van der Waals surface area contributed by atoms with Crippen molar-refractivity contribution in [1.29, 1.82) is 0 Å². The zero-order valence-corrected chi connectivity index (χ0v) is 4.98. The minimum absolute atomic E-state index is 0.615. The summed E-state index contributed by atoms with van der Waals surface area (Å²) in [6, 6.07) is 0. The SMILES string of the molecule is CCOCCNNO. The van der Waals surface area contributed by atoms with Crippen molar-refractivity contribution in [2.45, 2.75) is 6.92 Å². The van der Waals surface area contributed by atoms with Gasteiger partial charge in [-0.3, -0.25) is 0 Å². The van der Waals surface area contributed by atoms with Gasteiger partial charge in [-0.2, -0.15) is 0 Å². The molecule has 0 aliphatic carbocycles. The fraction of sp³-hybridized carbons (Fsp3) is 1.00. The standard InChI is InChI=1S/C4H12N2O2/c1-2-8-4-3-5-6-7/h5-7H,2-4H2,1H3. The second-order valence-corrected chi connectivity index (χ2v) is 1.24. The smallest absolute Gasteiger partial charge is 0.0605 e. The number of hydrogen-bond acceptors (Lipinski definition) is 4. The highest BCUT2D eigenvalue weighted by Gasteiger charge is 1.80. The predicted molar refractivity (Wildman–Crippen MR) is 29.4 cm³/mol. The van der Waals surface area contributed by atoms with Gasteiger partial charge in [0.05, 0.1) is 6.61 Å². The lowest BCUT2D eigenvalue weighted by molar-refractivity contribution is 0.0924. The molecule has 0 bridgehead atoms. The molecule has 0 rings (SSSR count). The first-order chi connectivity index (χ1) is 3.91. The van der Waals surface area contributed by atoms with Crippen LogP contribution in [0.5, 0.6) is 0 Å². The molecule has 8 heavy (non-hydrogen) atoms. The Bertz CT molecular complexity index is 37.0. The fourth-order valence-corrected chi connectivity index (χ4v) is 0.323. The van der Waals surface area contributed by atoms with E-state index in [0.717, 1.165) is 0 Å². The highest BCUT2D eigenvalue weighted by atomic mass is 16.5. The maximum absolute atomic E-state index is 7.95. The number of hydrazine groups is 1. The number of ether oxygens (including phenoxy) is 1. The van der Waals surface area contributed by atoms with Gasteiger partial charge >= 0.3 is 0 Å². The van der Waals surface area contributed by atoms with Gasteiger partial charge in [0.25, 0.3) is 0 Å². The Labute approximate surface area is 48.8 Å². The van der Waals surface area contributed by atoms with E-state index in [2.05, 4.69) is 5.43 Å². The van der Waals surface area contributed by atoms with Crippen LogP contribution < -0.4 is 11.0 Å². The summed E-state index contributed by atoms with van der Waals surface area (Å²) < 4.78 is 4.92. The van der Waals surface area contributed by atoms with Crippen LogP contribution in [0.25, 0.3) is 0 Å². The van der Waals surface area contributed by atoms with E-state index in [1.807, 2.05) is 6.92 Å². The highest BCUT2D eigenvalue weighted by Crippen LogP contribution is 1.67. The molecule has 0 saturated heterocycles. The van der Waals surface area contributed by atoms with Gasteiger partial charge in [-0.15, -0.1) is 5.59 Å². The molecule has 0 atom stereocenters. The van der Waals surface area contributed by atoms with Gasteiger partial charge in [0, 0.05) is 13.2 Å². The topological polar surface area (TPSA) is 53.5 Å². The van der Waals surface area contributed by atoms with E-state index in [0.29, 0.717) is 19.8 Å². The Morgan fingerprint density at radius 2 is 2.38 bits per heavy atom. The molecule has 0 spiro atoms. The van der Waals surface area contributed by atoms with Crippen molar-refractivity contribution in [3.63, 3.8) is 0 Å². The van der Waals surface area contributed by atoms with E-state index < -0.39 is 0 Å². The molecule has 50 valence electrons. The summed E-state index contributed by atoms with van der Waals surface area (Å²) in [4.78, 5) is 0. The molecule has 0 unspecified atom stereocenters. The summed E-state index contributed by atoms with van der Waals surface area (Å²) in [6.07, 6.45) is 0. The molecule has 3 N–H and O–H groups in total. The third-order valence-corrected chi connectivity index (χ3v) is 0.655. The predicted octanol–water partition coefficient (Wildman–Crippen LogP) is -0.494. The van der Waals surface area contributed by atoms with Crippen LogP contribution in [-0.4, -0.2) is 25.0 Å². The van der Waals surface area contributed by atoms with Crippen LogP contribution in [0.3, 0.4) is 0 Å². The van der Waals surface area contributed by atoms with E-state index >= 15 is 0 Å². The molecule has 0 heterocycles. The Hall–Kier alpha value is -0.160. The molecular weight excluding hydrogens is 108 g/mol. The first-order valence-corrected chi connectivity index (χ1v) is 2.61. The van der Waals surface area contributed by atoms with Gasteiger partial charge in [-0.05, 0) is 6.92 Å². The Morgan fingerprint density at radius 1 is 1.62 bits per heavy atom. The lowest BCUT2D eigenvalue weighted by Crippen LogP contribution is -2.31. The van der Waals surface area contributed by atoms with Gasteiger partial charge in [0.2, 0.25) is 0 Å². The maximum atomic E-state index is 7.95. The fourth-order valence-electron chi connectivity index (χ4n) is 0.323. The molecule has 0 aliphatic rings. The van der Waals surface area contributed by atoms with E-state index in [1.54, 1.807) is 5.59 Å². The van der Waals surface area contributed by atoms with Crippen LogP contribution in [0.1, 0.15) is 6.92 Å². The van der Waals surface area contributed by atoms with E-state index in [1.165, 1.54) is 0 Å². The number of nitrogens with one attached hydrogen (secondary N) is 2. The normalized spacial score (nSPS) is 9.75. The van der Waals surface area contributed by atoms with Gasteiger partial charge in [-0.1, -0.05) is 0 Å². The van der Waals surface area contributed by atoms with E-state index in [4.69, 9.17) is 9.94 Å². The molecule has 0 saturated carbocycles. The van der Waals surface area contributed by atoms with Crippen molar-refractivity contribution < 1.29 is 9.94 Å². The van der Waals surface area contributed by atoms with Crippen LogP contribution in [0.2, 0.25) is 0 Å². The lowest BCUT2D eigenvalue weighted by atomic mass is 10.7. The zero-order chi connectivity index (χ0) is 6.24. The third kappa shape index (κ3) is 5.84. The van der Waals surface area contributed by atoms with Crippen molar-refractivity contribution in [2.24, 2.45) is 0 Å². The summed E-state index contributed by atoms with van der Waals surface area (Å²) in [5, 5.41) is 7.95. The Morgan fingerprint density at radius 3 is 2.88 bits per heavy atom. The summed E-state index contributed by atoms with van der Waals surface area (Å²) in [5.74, 6) is 0. The van der Waals surface area contributed by atoms with Crippen molar-refractivity contribution in [3.05, 3.63) is 0 Å². The van der Waals surface area contributed by atoms with Crippen molar-refractivity contribution in [3.8, 4) is 0 Å². The zero-order valence-electron chi connectivity index (χ0n) is 4.98. The quantitative estimate of drug-likeness (QED) is 0.338. The Kier molecular flexibility index (Phi) is 6.70. The average Bonchev–Trinajstić information content (AvgIpc) is 1.81. The molecule has 0 radical (unpaired) electrons. The van der Waals surface area contributed by atoms with Gasteiger partial charge < -0.3 is 9.94 Å². The molecule has 0 amide bonds. The van der Waals surface area contributed by atoms with Gasteiger partial charge in [0.1, 0.15) is 0 Å². The van der Waals surface area contributed by atoms with Crippen molar-refractivity contribution in [1.82, 2.24) is 11.0 Å². The van der Waals surface area contributed by atoms with Crippen LogP contribution in [0, 0.1) is 0 Å². The molecule has 0 aliphatic heterocycles. The molecular formula is C4H12N2O2. The van der Waals surface area contributed by atoms with Crippen LogP contribution in [0.15, 0.2) is 0 Å². The first-order valence-electron chi connectivity index (χ1n) is 2.61. The lowest BCUT2D eigenvalue weighted by Gasteiger charge is -1.99. The first kappa shape index (κ1) is 7.84. The molecule has 0 aromatic carbocycles. The minimum Gasteiger partial charge on any atom is -0.380 e. The maximum Gasteiger partial charge on any atom is 0.0605 e. The van der Waals surface area contributed by atoms with Gasteiger partial charge in [-0.25, -0.2) is 5.43 Å². The second kappa shape index (κ2) is 6.84. The molecule has 0 fully saturated rings. The molecule has 4 nitrogen and oxygen atoms in total. The van der Waals surface area contributed by atoms with Gasteiger partial charge in [0.15, 0.2) is 0 Å². The van der Waals surface area contributed by atoms with Crippen LogP contribution >= 0.6 is 0 Å². The molecule has 4 heteroatoms. The summed E-state index contributed by atoms with van der Waals surface area (Å²) >= 11 is 0. The monoisotopic (exact) mass is 120 g/mol. The minimum atomic E-state index is 0.615. The summed E-state index contributed by atoms with van der Waals surface area (Å²) in [7, 11) is 0. The Balaban J connectivity index is 2.53. The summed E-state index contributed by atoms with van der Waals surface area (Å²) in [6.45, 7) is 3.87.